The van der Waals surface area contributed by atoms with Gasteiger partial charge in [0.25, 0.3) is 5.91 Å². The van der Waals surface area contributed by atoms with Gasteiger partial charge >= 0.3 is 0 Å². The van der Waals surface area contributed by atoms with Crippen molar-refractivity contribution in [1.29, 1.82) is 0 Å². The molecule has 0 bridgehead atoms. The molecule has 15 heavy (non-hydrogen) atoms. The van der Waals surface area contributed by atoms with Crippen LogP contribution in [-0.2, 0) is 9.53 Å². The fourth-order valence-corrected chi connectivity index (χ4v) is 1.54. The van der Waals surface area contributed by atoms with Crippen LogP contribution < -0.4 is 5.32 Å². The fraction of sp³-hybridized carbons (Fsp3) is 0.444. The van der Waals surface area contributed by atoms with Gasteiger partial charge in [0.15, 0.2) is 5.82 Å². The van der Waals surface area contributed by atoms with E-state index in [0.29, 0.717) is 12.4 Å². The topological polar surface area (TPSA) is 64.1 Å². The molecule has 0 saturated carbocycles. The van der Waals surface area contributed by atoms with Gasteiger partial charge in [0.2, 0.25) is 0 Å². The second kappa shape index (κ2) is 4.55. The van der Waals surface area contributed by atoms with Crippen molar-refractivity contribution < 1.29 is 9.53 Å². The van der Waals surface area contributed by atoms with Crippen LogP contribution >= 0.6 is 11.6 Å². The zero-order valence-corrected chi connectivity index (χ0v) is 8.70. The van der Waals surface area contributed by atoms with Crippen molar-refractivity contribution in [2.45, 2.75) is 18.9 Å². The Hall–Kier alpha value is -1.20. The van der Waals surface area contributed by atoms with Crippen molar-refractivity contribution in [3.63, 3.8) is 0 Å². The minimum absolute atomic E-state index is 0.191. The van der Waals surface area contributed by atoms with Gasteiger partial charge in [0, 0.05) is 6.61 Å². The second-order valence-electron chi connectivity index (χ2n) is 3.22. The molecule has 0 aromatic carbocycles. The maximum absolute atomic E-state index is 11.6. The molecule has 1 amide bonds. The molecule has 5 nitrogen and oxygen atoms in total. The Kier molecular flexibility index (Phi) is 3.13. The Morgan fingerprint density at radius 1 is 1.60 bits per heavy atom. The quantitative estimate of drug-likeness (QED) is 0.826. The third-order valence-electron chi connectivity index (χ3n) is 2.08. The Labute approximate surface area is 91.8 Å². The first kappa shape index (κ1) is 10.3. The minimum Gasteiger partial charge on any atom is -0.368 e. The third kappa shape index (κ3) is 2.64. The molecule has 0 radical (unpaired) electrons. The van der Waals surface area contributed by atoms with Gasteiger partial charge in [0.05, 0.1) is 12.4 Å². The summed E-state index contributed by atoms with van der Waals surface area (Å²) in [5.41, 5.74) is 0. The third-order valence-corrected chi connectivity index (χ3v) is 2.26. The van der Waals surface area contributed by atoms with Crippen LogP contribution in [-0.4, -0.2) is 28.6 Å². The number of carbonyl (C=O) groups excluding carboxylic acids is 1. The SMILES string of the molecule is O=C(Nc1cncc(Cl)n1)C1CCCO1. The van der Waals surface area contributed by atoms with E-state index in [9.17, 15) is 4.79 Å². The van der Waals surface area contributed by atoms with Crippen molar-refractivity contribution in [2.24, 2.45) is 0 Å². The number of aromatic nitrogens is 2. The lowest BCUT2D eigenvalue weighted by atomic mass is 10.2. The Morgan fingerprint density at radius 2 is 2.47 bits per heavy atom. The number of ether oxygens (including phenoxy) is 1. The van der Waals surface area contributed by atoms with Crippen molar-refractivity contribution in [3.05, 3.63) is 17.5 Å². The Bertz CT molecular complexity index is 366. The van der Waals surface area contributed by atoms with Crippen molar-refractivity contribution >= 4 is 23.3 Å². The van der Waals surface area contributed by atoms with E-state index < -0.39 is 0 Å². The molecule has 1 atom stereocenters. The summed E-state index contributed by atoms with van der Waals surface area (Å²) in [6.45, 7) is 0.638. The standard InChI is InChI=1S/C9H10ClN3O2/c10-7-4-11-5-8(12-7)13-9(14)6-2-1-3-15-6/h4-6H,1-3H2,(H,12,13,14). The highest BCUT2D eigenvalue weighted by atomic mass is 35.5. The Morgan fingerprint density at radius 3 is 3.13 bits per heavy atom. The molecule has 1 saturated heterocycles. The fourth-order valence-electron chi connectivity index (χ4n) is 1.39. The van der Waals surface area contributed by atoms with E-state index in [1.54, 1.807) is 0 Å². The van der Waals surface area contributed by atoms with Gasteiger partial charge in [-0.25, -0.2) is 4.98 Å². The van der Waals surface area contributed by atoms with E-state index in [2.05, 4.69) is 15.3 Å². The number of nitrogens with zero attached hydrogens (tertiary/aromatic N) is 2. The van der Waals surface area contributed by atoms with Gasteiger partial charge in [-0.2, -0.15) is 0 Å². The monoisotopic (exact) mass is 227 g/mol. The van der Waals surface area contributed by atoms with Crippen LogP contribution in [0.3, 0.4) is 0 Å². The molecule has 2 rings (SSSR count). The summed E-state index contributed by atoms with van der Waals surface area (Å²) >= 11 is 5.63. The van der Waals surface area contributed by atoms with Crippen LogP contribution in [0.15, 0.2) is 12.4 Å². The number of hydrogen-bond acceptors (Lipinski definition) is 4. The average molecular weight is 228 g/mol. The Balaban J connectivity index is 1.99. The summed E-state index contributed by atoms with van der Waals surface area (Å²) in [4.78, 5) is 19.3. The van der Waals surface area contributed by atoms with Gasteiger partial charge in [-0.05, 0) is 12.8 Å². The van der Waals surface area contributed by atoms with Crippen molar-refractivity contribution in [3.8, 4) is 0 Å². The molecule has 1 unspecified atom stereocenters. The van der Waals surface area contributed by atoms with Crippen LogP contribution in [0.25, 0.3) is 0 Å². The highest BCUT2D eigenvalue weighted by molar-refractivity contribution is 6.29. The molecular formula is C9H10ClN3O2. The maximum atomic E-state index is 11.6. The second-order valence-corrected chi connectivity index (χ2v) is 3.61. The molecule has 2 heterocycles. The molecule has 1 aromatic rings. The van der Waals surface area contributed by atoms with Crippen LogP contribution in [0.2, 0.25) is 5.15 Å². The number of amides is 1. The molecular weight excluding hydrogens is 218 g/mol. The van der Waals surface area contributed by atoms with Crippen molar-refractivity contribution in [1.82, 2.24) is 9.97 Å². The number of rotatable bonds is 2. The number of nitrogens with one attached hydrogen (secondary N) is 1. The van der Waals surface area contributed by atoms with E-state index in [4.69, 9.17) is 16.3 Å². The molecule has 80 valence electrons. The lowest BCUT2D eigenvalue weighted by molar-refractivity contribution is -0.124. The first-order valence-corrected chi connectivity index (χ1v) is 5.03. The normalized spacial score (nSPS) is 20.2. The van der Waals surface area contributed by atoms with Gasteiger partial charge < -0.3 is 10.1 Å². The van der Waals surface area contributed by atoms with E-state index in [-0.39, 0.29) is 17.2 Å². The molecule has 0 spiro atoms. The smallest absolute Gasteiger partial charge is 0.254 e. The zero-order chi connectivity index (χ0) is 10.7. The van der Waals surface area contributed by atoms with Gasteiger partial charge in [0.1, 0.15) is 11.3 Å². The van der Waals surface area contributed by atoms with E-state index in [1.165, 1.54) is 12.4 Å². The summed E-state index contributed by atoms with van der Waals surface area (Å²) in [5.74, 6) is 0.159. The van der Waals surface area contributed by atoms with Gasteiger partial charge in [-0.1, -0.05) is 11.6 Å². The number of carbonyl (C=O) groups is 1. The molecule has 6 heteroatoms. The first-order chi connectivity index (χ1) is 7.25. The summed E-state index contributed by atoms with van der Waals surface area (Å²) in [7, 11) is 0. The van der Waals surface area contributed by atoms with E-state index >= 15 is 0 Å². The molecule has 1 aliphatic heterocycles. The van der Waals surface area contributed by atoms with E-state index in [1.807, 2.05) is 0 Å². The lowest BCUT2D eigenvalue weighted by Crippen LogP contribution is -2.27. The predicted molar refractivity (Wildman–Crippen MR) is 54.6 cm³/mol. The lowest BCUT2D eigenvalue weighted by Gasteiger charge is -2.09. The summed E-state index contributed by atoms with van der Waals surface area (Å²) in [6, 6.07) is 0. The average Bonchev–Trinajstić information content (AvgIpc) is 2.70. The number of hydrogen-bond donors (Lipinski definition) is 1. The summed E-state index contributed by atoms with van der Waals surface area (Å²) < 4.78 is 5.22. The first-order valence-electron chi connectivity index (χ1n) is 4.66. The number of halogens is 1. The largest absolute Gasteiger partial charge is 0.368 e. The minimum atomic E-state index is -0.370. The van der Waals surface area contributed by atoms with Crippen LogP contribution in [0, 0.1) is 0 Å². The predicted octanol–water partition coefficient (Wildman–Crippen LogP) is 1.25. The molecule has 1 fully saturated rings. The highest BCUT2D eigenvalue weighted by Crippen LogP contribution is 2.14. The van der Waals surface area contributed by atoms with Gasteiger partial charge in [-0.3, -0.25) is 9.78 Å². The molecule has 1 N–H and O–H groups in total. The highest BCUT2D eigenvalue weighted by Gasteiger charge is 2.23. The number of anilines is 1. The zero-order valence-electron chi connectivity index (χ0n) is 7.94. The molecule has 1 aliphatic rings. The molecule has 1 aromatic heterocycles. The van der Waals surface area contributed by atoms with Crippen LogP contribution in [0.5, 0.6) is 0 Å². The summed E-state index contributed by atoms with van der Waals surface area (Å²) in [5, 5.41) is 2.85. The van der Waals surface area contributed by atoms with E-state index in [0.717, 1.165) is 12.8 Å². The van der Waals surface area contributed by atoms with Crippen LogP contribution in [0.4, 0.5) is 5.82 Å². The maximum Gasteiger partial charge on any atom is 0.254 e. The summed E-state index contributed by atoms with van der Waals surface area (Å²) in [6.07, 6.45) is 4.15. The van der Waals surface area contributed by atoms with Crippen LogP contribution in [0.1, 0.15) is 12.8 Å². The van der Waals surface area contributed by atoms with Gasteiger partial charge in [-0.15, -0.1) is 0 Å². The van der Waals surface area contributed by atoms with Crippen molar-refractivity contribution in [2.75, 3.05) is 11.9 Å². The molecule has 0 aliphatic carbocycles.